The van der Waals surface area contributed by atoms with Gasteiger partial charge in [0.25, 0.3) is 0 Å². The van der Waals surface area contributed by atoms with E-state index in [0.29, 0.717) is 6.10 Å². The molecule has 0 aromatic heterocycles. The zero-order valence-corrected chi connectivity index (χ0v) is 10.0. The number of ether oxygens (including phenoxy) is 1. The van der Waals surface area contributed by atoms with E-state index in [1.165, 1.54) is 38.6 Å². The monoisotopic (exact) mass is 221 g/mol. The molecular formula is C14H23NO. The van der Waals surface area contributed by atoms with Crippen molar-refractivity contribution in [1.82, 2.24) is 5.32 Å². The first-order valence-corrected chi connectivity index (χ1v) is 6.92. The number of rotatable bonds is 5. The van der Waals surface area contributed by atoms with Crippen LogP contribution in [0.4, 0.5) is 0 Å². The minimum absolute atomic E-state index is 0.549. The molecule has 3 aliphatic rings. The second kappa shape index (κ2) is 4.89. The van der Waals surface area contributed by atoms with Crippen molar-refractivity contribution in [2.75, 3.05) is 19.7 Å². The van der Waals surface area contributed by atoms with Crippen molar-refractivity contribution in [3.05, 3.63) is 12.2 Å². The molecular weight excluding hydrogens is 198 g/mol. The SMILES string of the molecule is C1=CC2CC1CC2CNCCC1CCCO1. The molecule has 0 aromatic rings. The predicted octanol–water partition coefficient (Wildman–Crippen LogP) is 2.36. The molecule has 2 aliphatic carbocycles. The Balaban J connectivity index is 1.30. The van der Waals surface area contributed by atoms with Gasteiger partial charge >= 0.3 is 0 Å². The van der Waals surface area contributed by atoms with Gasteiger partial charge in [-0.05, 0) is 62.9 Å². The molecule has 1 aliphatic heterocycles. The summed E-state index contributed by atoms with van der Waals surface area (Å²) in [6.45, 7) is 3.35. The maximum absolute atomic E-state index is 5.62. The average Bonchev–Trinajstić information content (AvgIpc) is 3.01. The molecule has 16 heavy (non-hydrogen) atoms. The van der Waals surface area contributed by atoms with Crippen molar-refractivity contribution in [3.63, 3.8) is 0 Å². The molecule has 90 valence electrons. The number of fused-ring (bicyclic) bond motifs is 2. The topological polar surface area (TPSA) is 21.3 Å². The Kier molecular flexibility index (Phi) is 3.30. The van der Waals surface area contributed by atoms with Crippen LogP contribution in [0.3, 0.4) is 0 Å². The van der Waals surface area contributed by atoms with Crippen LogP contribution in [-0.2, 0) is 4.74 Å². The highest BCUT2D eigenvalue weighted by Crippen LogP contribution is 2.42. The molecule has 0 amide bonds. The highest BCUT2D eigenvalue weighted by atomic mass is 16.5. The van der Waals surface area contributed by atoms with Crippen molar-refractivity contribution in [1.29, 1.82) is 0 Å². The first-order chi connectivity index (χ1) is 7.92. The zero-order valence-electron chi connectivity index (χ0n) is 10.0. The second-order valence-electron chi connectivity index (χ2n) is 5.67. The number of allylic oxidation sites excluding steroid dienone is 2. The summed E-state index contributed by atoms with van der Waals surface area (Å²) in [4.78, 5) is 0. The highest BCUT2D eigenvalue weighted by Gasteiger charge is 2.34. The van der Waals surface area contributed by atoms with Crippen LogP contribution >= 0.6 is 0 Å². The minimum Gasteiger partial charge on any atom is -0.378 e. The van der Waals surface area contributed by atoms with Crippen LogP contribution in [-0.4, -0.2) is 25.8 Å². The van der Waals surface area contributed by atoms with Gasteiger partial charge < -0.3 is 10.1 Å². The molecule has 2 bridgehead atoms. The smallest absolute Gasteiger partial charge is 0.0588 e. The molecule has 2 heteroatoms. The summed E-state index contributed by atoms with van der Waals surface area (Å²) in [6, 6.07) is 0. The molecule has 3 rings (SSSR count). The lowest BCUT2D eigenvalue weighted by atomic mass is 9.93. The lowest BCUT2D eigenvalue weighted by Gasteiger charge is -2.19. The van der Waals surface area contributed by atoms with Gasteiger partial charge in [0, 0.05) is 6.61 Å². The Morgan fingerprint density at radius 1 is 1.25 bits per heavy atom. The first kappa shape index (κ1) is 10.8. The van der Waals surface area contributed by atoms with Crippen molar-refractivity contribution in [3.8, 4) is 0 Å². The number of hydrogen-bond acceptors (Lipinski definition) is 2. The first-order valence-electron chi connectivity index (χ1n) is 6.92. The summed E-state index contributed by atoms with van der Waals surface area (Å²) in [5.41, 5.74) is 0. The summed E-state index contributed by atoms with van der Waals surface area (Å²) in [5, 5.41) is 3.63. The van der Waals surface area contributed by atoms with E-state index in [-0.39, 0.29) is 0 Å². The number of hydrogen-bond donors (Lipinski definition) is 1. The average molecular weight is 221 g/mol. The lowest BCUT2D eigenvalue weighted by molar-refractivity contribution is 0.104. The maximum atomic E-state index is 5.62. The predicted molar refractivity (Wildman–Crippen MR) is 65.3 cm³/mol. The third-order valence-corrected chi connectivity index (χ3v) is 4.49. The number of nitrogens with one attached hydrogen (secondary N) is 1. The van der Waals surface area contributed by atoms with Gasteiger partial charge in [-0.1, -0.05) is 12.2 Å². The minimum atomic E-state index is 0.549. The van der Waals surface area contributed by atoms with Gasteiger partial charge in [-0.3, -0.25) is 0 Å². The summed E-state index contributed by atoms with van der Waals surface area (Å²) in [5.74, 6) is 2.72. The van der Waals surface area contributed by atoms with Gasteiger partial charge in [-0.25, -0.2) is 0 Å². The standard InChI is InChI=1S/C14H23NO/c1-2-14(16-7-1)5-6-15-10-13-9-11-3-4-12(13)8-11/h3-4,11-15H,1-2,5-10H2. The van der Waals surface area contributed by atoms with Crippen LogP contribution in [0, 0.1) is 17.8 Å². The molecule has 4 atom stereocenters. The van der Waals surface area contributed by atoms with Crippen LogP contribution in [0.2, 0.25) is 0 Å². The van der Waals surface area contributed by atoms with Crippen molar-refractivity contribution in [2.24, 2.45) is 17.8 Å². The van der Waals surface area contributed by atoms with Gasteiger partial charge in [-0.15, -0.1) is 0 Å². The molecule has 2 nitrogen and oxygen atoms in total. The van der Waals surface area contributed by atoms with Gasteiger partial charge in [-0.2, -0.15) is 0 Å². The molecule has 0 radical (unpaired) electrons. The molecule has 0 spiro atoms. The Hall–Kier alpha value is -0.340. The van der Waals surface area contributed by atoms with E-state index in [1.54, 1.807) is 0 Å². The van der Waals surface area contributed by atoms with E-state index in [0.717, 1.165) is 30.9 Å². The van der Waals surface area contributed by atoms with E-state index in [4.69, 9.17) is 4.74 Å². The van der Waals surface area contributed by atoms with Crippen molar-refractivity contribution < 1.29 is 4.74 Å². The molecule has 2 fully saturated rings. The molecule has 0 aromatic carbocycles. The van der Waals surface area contributed by atoms with Gasteiger partial charge in [0.1, 0.15) is 0 Å². The zero-order chi connectivity index (χ0) is 10.8. The van der Waals surface area contributed by atoms with E-state index in [2.05, 4.69) is 17.5 Å². The summed E-state index contributed by atoms with van der Waals surface area (Å²) < 4.78 is 5.62. The summed E-state index contributed by atoms with van der Waals surface area (Å²) >= 11 is 0. The van der Waals surface area contributed by atoms with Crippen molar-refractivity contribution >= 4 is 0 Å². The van der Waals surface area contributed by atoms with Crippen LogP contribution in [0.25, 0.3) is 0 Å². The fourth-order valence-corrected chi connectivity index (χ4v) is 3.55. The lowest BCUT2D eigenvalue weighted by Crippen LogP contribution is -2.28. The van der Waals surface area contributed by atoms with E-state index >= 15 is 0 Å². The van der Waals surface area contributed by atoms with E-state index in [9.17, 15) is 0 Å². The third-order valence-electron chi connectivity index (χ3n) is 4.49. The summed E-state index contributed by atoms with van der Waals surface area (Å²) in [7, 11) is 0. The molecule has 1 saturated heterocycles. The largest absolute Gasteiger partial charge is 0.378 e. The van der Waals surface area contributed by atoms with E-state index in [1.807, 2.05) is 0 Å². The van der Waals surface area contributed by atoms with Crippen LogP contribution in [0.15, 0.2) is 12.2 Å². The second-order valence-corrected chi connectivity index (χ2v) is 5.67. The van der Waals surface area contributed by atoms with Crippen LogP contribution in [0.5, 0.6) is 0 Å². The Labute approximate surface area is 98.4 Å². The normalized spacial score (nSPS) is 41.0. The Morgan fingerprint density at radius 2 is 2.25 bits per heavy atom. The highest BCUT2D eigenvalue weighted by molar-refractivity contribution is 5.10. The quantitative estimate of drug-likeness (QED) is 0.568. The molecule has 1 heterocycles. The molecule has 1 saturated carbocycles. The van der Waals surface area contributed by atoms with Crippen LogP contribution in [0.1, 0.15) is 32.1 Å². The summed E-state index contributed by atoms with van der Waals surface area (Å²) in [6.07, 6.45) is 12.0. The van der Waals surface area contributed by atoms with Crippen molar-refractivity contribution in [2.45, 2.75) is 38.2 Å². The Bertz CT molecular complexity index is 257. The van der Waals surface area contributed by atoms with Crippen LogP contribution < -0.4 is 5.32 Å². The molecule has 4 unspecified atom stereocenters. The van der Waals surface area contributed by atoms with Gasteiger partial charge in [0.2, 0.25) is 0 Å². The third kappa shape index (κ3) is 2.33. The Morgan fingerprint density at radius 3 is 2.94 bits per heavy atom. The maximum Gasteiger partial charge on any atom is 0.0588 e. The fraction of sp³-hybridized carbons (Fsp3) is 0.857. The van der Waals surface area contributed by atoms with Gasteiger partial charge in [0.05, 0.1) is 6.10 Å². The fourth-order valence-electron chi connectivity index (χ4n) is 3.55. The van der Waals surface area contributed by atoms with Gasteiger partial charge in [0.15, 0.2) is 0 Å². The molecule has 1 N–H and O–H groups in total. The van der Waals surface area contributed by atoms with E-state index < -0.39 is 0 Å².